The fourth-order valence-corrected chi connectivity index (χ4v) is 4.28. The predicted octanol–water partition coefficient (Wildman–Crippen LogP) is 2.72. The summed E-state index contributed by atoms with van der Waals surface area (Å²) in [5.41, 5.74) is 0.309. The smallest absolute Gasteiger partial charge is 0.157 e. The molecular weight excluding hydrogens is 242 g/mol. The highest BCUT2D eigenvalue weighted by Gasteiger charge is 2.34. The molecule has 0 spiro atoms. The Morgan fingerprint density at radius 1 is 1.39 bits per heavy atom. The summed E-state index contributed by atoms with van der Waals surface area (Å²) in [5.74, 6) is 1.18. The number of nitrogens with zero attached hydrogens (tertiary/aromatic N) is 2. The normalized spacial score (nSPS) is 29.9. The third-order valence-electron chi connectivity index (χ3n) is 4.56. The average Bonchev–Trinajstić information content (AvgIpc) is 3.03. The van der Waals surface area contributed by atoms with Crippen molar-refractivity contribution in [2.75, 3.05) is 25.4 Å². The monoisotopic (exact) mass is 269 g/mol. The van der Waals surface area contributed by atoms with Crippen LogP contribution in [0.25, 0.3) is 0 Å². The molecule has 2 saturated heterocycles. The number of nitrogens with one attached hydrogen (secondary N) is 1. The van der Waals surface area contributed by atoms with Crippen molar-refractivity contribution in [1.29, 1.82) is 0 Å². The fourth-order valence-electron chi connectivity index (χ4n) is 2.93. The van der Waals surface area contributed by atoms with E-state index in [-0.39, 0.29) is 0 Å². The van der Waals surface area contributed by atoms with Gasteiger partial charge < -0.3 is 5.32 Å². The minimum Gasteiger partial charge on any atom is -0.359 e. The van der Waals surface area contributed by atoms with Crippen molar-refractivity contribution in [3.8, 4) is 0 Å². The molecule has 18 heavy (non-hydrogen) atoms. The highest BCUT2D eigenvalue weighted by Crippen LogP contribution is 2.29. The molecule has 0 aliphatic carbocycles. The van der Waals surface area contributed by atoms with Gasteiger partial charge in [-0.1, -0.05) is 32.5 Å². The number of hydrogen-bond acceptors (Lipinski definition) is 3. The second kappa shape index (κ2) is 6.29. The maximum atomic E-state index is 4.82. The molecule has 0 bridgehead atoms. The van der Waals surface area contributed by atoms with Crippen LogP contribution in [-0.2, 0) is 0 Å². The Balaban J connectivity index is 1.87. The van der Waals surface area contributed by atoms with Crippen molar-refractivity contribution >= 4 is 16.9 Å². The lowest BCUT2D eigenvalue weighted by Crippen LogP contribution is -2.42. The molecule has 0 aromatic heterocycles. The number of rotatable bonds is 5. The largest absolute Gasteiger partial charge is 0.359 e. The first-order valence-electron chi connectivity index (χ1n) is 7.42. The van der Waals surface area contributed by atoms with Crippen LogP contribution in [0.5, 0.6) is 0 Å². The Kier molecular flexibility index (Phi) is 4.96. The van der Waals surface area contributed by atoms with E-state index in [4.69, 9.17) is 4.99 Å². The van der Waals surface area contributed by atoms with E-state index in [1.807, 2.05) is 11.8 Å². The molecule has 104 valence electrons. The molecular formula is C14H27N3S. The van der Waals surface area contributed by atoms with Crippen LogP contribution in [-0.4, -0.2) is 47.0 Å². The summed E-state index contributed by atoms with van der Waals surface area (Å²) < 4.78 is 0. The number of likely N-dealkylation sites (tertiary alicyclic amines) is 1. The molecule has 4 heteroatoms. The van der Waals surface area contributed by atoms with Gasteiger partial charge >= 0.3 is 0 Å². The number of thioether (sulfide) groups is 1. The maximum absolute atomic E-state index is 4.82. The molecule has 2 aliphatic rings. The van der Waals surface area contributed by atoms with E-state index in [1.54, 1.807) is 0 Å². The molecule has 0 amide bonds. The molecule has 1 unspecified atom stereocenters. The Morgan fingerprint density at radius 2 is 2.17 bits per heavy atom. The van der Waals surface area contributed by atoms with Gasteiger partial charge in [0, 0.05) is 17.3 Å². The van der Waals surface area contributed by atoms with Crippen molar-refractivity contribution in [1.82, 2.24) is 10.2 Å². The predicted molar refractivity (Wildman–Crippen MR) is 81.5 cm³/mol. The summed E-state index contributed by atoms with van der Waals surface area (Å²) in [7, 11) is 0. The SMILES string of the molecule is CCN1CCCC1CN=C1NC(CC)(CC)CS1. The Hall–Kier alpha value is -0.220. The van der Waals surface area contributed by atoms with Crippen LogP contribution in [0.3, 0.4) is 0 Å². The third-order valence-corrected chi connectivity index (χ3v) is 5.76. The van der Waals surface area contributed by atoms with E-state index < -0.39 is 0 Å². The molecule has 0 aromatic rings. The van der Waals surface area contributed by atoms with Gasteiger partial charge in [0.25, 0.3) is 0 Å². The second-order valence-electron chi connectivity index (χ2n) is 5.47. The molecule has 3 nitrogen and oxygen atoms in total. The zero-order chi connectivity index (χ0) is 13.0. The molecule has 0 aromatic carbocycles. The van der Waals surface area contributed by atoms with Gasteiger partial charge in [-0.05, 0) is 38.8 Å². The minimum absolute atomic E-state index is 0.309. The lowest BCUT2D eigenvalue weighted by molar-refractivity contribution is 0.273. The van der Waals surface area contributed by atoms with Crippen LogP contribution in [0.1, 0.15) is 46.5 Å². The van der Waals surface area contributed by atoms with Gasteiger partial charge in [0.1, 0.15) is 0 Å². The van der Waals surface area contributed by atoms with Crippen LogP contribution >= 0.6 is 11.8 Å². The van der Waals surface area contributed by atoms with E-state index in [1.165, 1.54) is 49.7 Å². The minimum atomic E-state index is 0.309. The van der Waals surface area contributed by atoms with Gasteiger partial charge in [-0.15, -0.1) is 0 Å². The lowest BCUT2D eigenvalue weighted by atomic mass is 9.96. The van der Waals surface area contributed by atoms with Gasteiger partial charge in [-0.3, -0.25) is 9.89 Å². The lowest BCUT2D eigenvalue weighted by Gasteiger charge is -2.25. The fraction of sp³-hybridized carbons (Fsp3) is 0.929. The topological polar surface area (TPSA) is 27.6 Å². The van der Waals surface area contributed by atoms with Gasteiger partial charge in [-0.2, -0.15) is 0 Å². The van der Waals surface area contributed by atoms with Crippen molar-refractivity contribution in [2.45, 2.75) is 58.0 Å². The molecule has 2 heterocycles. The summed E-state index contributed by atoms with van der Waals surface area (Å²) in [6, 6.07) is 0.683. The van der Waals surface area contributed by atoms with Crippen LogP contribution in [0.15, 0.2) is 4.99 Å². The number of hydrogen-bond donors (Lipinski definition) is 1. The first kappa shape index (κ1) is 14.2. The van der Waals surface area contributed by atoms with E-state index in [2.05, 4.69) is 31.0 Å². The molecule has 1 N–H and O–H groups in total. The molecule has 1 atom stereocenters. The standard InChI is InChI=1S/C14H27N3S/c1-4-14(5-2)11-18-13(16-14)15-10-12-8-7-9-17(12)6-3/h12H,4-11H2,1-3H3,(H,15,16). The quantitative estimate of drug-likeness (QED) is 0.831. The van der Waals surface area contributed by atoms with E-state index in [0.29, 0.717) is 11.6 Å². The number of aliphatic imine (C=N–C) groups is 1. The van der Waals surface area contributed by atoms with Crippen molar-refractivity contribution in [3.63, 3.8) is 0 Å². The summed E-state index contributed by atoms with van der Waals surface area (Å²) in [5, 5.41) is 4.84. The summed E-state index contributed by atoms with van der Waals surface area (Å²) in [6.45, 7) is 10.2. The average molecular weight is 269 g/mol. The third kappa shape index (κ3) is 3.02. The molecule has 0 radical (unpaired) electrons. The Bertz CT molecular complexity index is 299. The van der Waals surface area contributed by atoms with Crippen molar-refractivity contribution < 1.29 is 0 Å². The van der Waals surface area contributed by atoms with E-state index >= 15 is 0 Å². The van der Waals surface area contributed by atoms with Gasteiger partial charge in [0.05, 0.1) is 6.54 Å². The molecule has 2 rings (SSSR count). The number of likely N-dealkylation sites (N-methyl/N-ethyl adjacent to an activating group) is 1. The van der Waals surface area contributed by atoms with Crippen LogP contribution in [0.4, 0.5) is 0 Å². The van der Waals surface area contributed by atoms with Gasteiger partial charge in [0.2, 0.25) is 0 Å². The second-order valence-corrected chi connectivity index (χ2v) is 6.44. The van der Waals surface area contributed by atoms with Crippen LogP contribution < -0.4 is 5.32 Å². The maximum Gasteiger partial charge on any atom is 0.157 e. The Labute approximate surface area is 116 Å². The highest BCUT2D eigenvalue weighted by atomic mass is 32.2. The van der Waals surface area contributed by atoms with E-state index in [0.717, 1.165) is 6.54 Å². The zero-order valence-electron chi connectivity index (χ0n) is 12.0. The summed E-state index contributed by atoms with van der Waals surface area (Å²) >= 11 is 1.91. The molecule has 2 aliphatic heterocycles. The van der Waals surface area contributed by atoms with Crippen molar-refractivity contribution in [2.24, 2.45) is 4.99 Å². The van der Waals surface area contributed by atoms with Crippen LogP contribution in [0, 0.1) is 0 Å². The Morgan fingerprint density at radius 3 is 2.78 bits per heavy atom. The highest BCUT2D eigenvalue weighted by molar-refractivity contribution is 8.14. The molecule has 0 saturated carbocycles. The first-order chi connectivity index (χ1) is 8.73. The van der Waals surface area contributed by atoms with Crippen LogP contribution in [0.2, 0.25) is 0 Å². The molecule has 2 fully saturated rings. The van der Waals surface area contributed by atoms with Gasteiger partial charge in [-0.25, -0.2) is 0 Å². The first-order valence-corrected chi connectivity index (χ1v) is 8.41. The summed E-state index contributed by atoms with van der Waals surface area (Å²) in [4.78, 5) is 7.39. The summed E-state index contributed by atoms with van der Waals surface area (Å²) in [6.07, 6.45) is 5.06. The van der Waals surface area contributed by atoms with E-state index in [9.17, 15) is 0 Å². The number of amidine groups is 1. The zero-order valence-corrected chi connectivity index (χ0v) is 12.9. The van der Waals surface area contributed by atoms with Gasteiger partial charge in [0.15, 0.2) is 5.17 Å². The van der Waals surface area contributed by atoms with Crippen molar-refractivity contribution in [3.05, 3.63) is 0 Å².